The first-order chi connectivity index (χ1) is 13.0. The lowest BCUT2D eigenvalue weighted by atomic mass is 10.2. The summed E-state index contributed by atoms with van der Waals surface area (Å²) in [5.41, 5.74) is 0.408. The Morgan fingerprint density at radius 1 is 1.41 bits per heavy atom. The SMILES string of the molecule is CCNC(=NCc1cccnc1OCC(F)(F)F)N1CCS(=O)(=O)C(C)(C)C1.I. The van der Waals surface area contributed by atoms with Crippen molar-refractivity contribution in [3.63, 3.8) is 0 Å². The molecule has 1 saturated heterocycles. The summed E-state index contributed by atoms with van der Waals surface area (Å²) >= 11 is 0. The molecule has 1 fully saturated rings. The van der Waals surface area contributed by atoms with Gasteiger partial charge >= 0.3 is 6.18 Å². The van der Waals surface area contributed by atoms with Crippen molar-refractivity contribution in [2.24, 2.45) is 4.99 Å². The van der Waals surface area contributed by atoms with E-state index in [1.807, 2.05) is 11.8 Å². The third-order valence-corrected chi connectivity index (χ3v) is 6.83. The fourth-order valence-corrected chi connectivity index (χ4v) is 4.10. The van der Waals surface area contributed by atoms with E-state index in [0.29, 0.717) is 24.6 Å². The first-order valence-corrected chi connectivity index (χ1v) is 10.5. The monoisotopic (exact) mass is 550 g/mol. The van der Waals surface area contributed by atoms with Crippen molar-refractivity contribution in [3.05, 3.63) is 23.9 Å². The zero-order chi connectivity index (χ0) is 21.0. The molecule has 0 spiro atoms. The quantitative estimate of drug-likeness (QED) is 0.345. The molecule has 0 unspecified atom stereocenters. The Balaban J connectivity index is 0.00000420. The number of nitrogens with one attached hydrogen (secondary N) is 1. The van der Waals surface area contributed by atoms with Crippen LogP contribution in [-0.4, -0.2) is 67.2 Å². The number of hydrogen-bond acceptors (Lipinski definition) is 5. The van der Waals surface area contributed by atoms with E-state index in [-0.39, 0.29) is 48.7 Å². The smallest absolute Gasteiger partial charge is 0.422 e. The lowest BCUT2D eigenvalue weighted by Gasteiger charge is -2.39. The van der Waals surface area contributed by atoms with E-state index in [0.717, 1.165) is 0 Å². The maximum atomic E-state index is 12.4. The van der Waals surface area contributed by atoms with E-state index in [1.165, 1.54) is 6.20 Å². The number of nitrogens with zero attached hydrogens (tertiary/aromatic N) is 3. The molecule has 1 aromatic rings. The van der Waals surface area contributed by atoms with Crippen LogP contribution in [0.2, 0.25) is 0 Å². The molecule has 29 heavy (non-hydrogen) atoms. The third-order valence-electron chi connectivity index (χ3n) is 4.30. The van der Waals surface area contributed by atoms with Crippen LogP contribution in [0.25, 0.3) is 0 Å². The third kappa shape index (κ3) is 7.15. The van der Waals surface area contributed by atoms with Crippen molar-refractivity contribution < 1.29 is 26.3 Å². The molecule has 1 aromatic heterocycles. The molecule has 0 amide bonds. The largest absolute Gasteiger partial charge is 0.468 e. The number of alkyl halides is 3. The first-order valence-electron chi connectivity index (χ1n) is 8.84. The molecule has 2 rings (SSSR count). The predicted octanol–water partition coefficient (Wildman–Crippen LogP) is 2.62. The summed E-state index contributed by atoms with van der Waals surface area (Å²) in [5.74, 6) is 0.383. The van der Waals surface area contributed by atoms with Crippen molar-refractivity contribution >= 4 is 39.8 Å². The predicted molar refractivity (Wildman–Crippen MR) is 115 cm³/mol. The fourth-order valence-electron chi connectivity index (χ4n) is 2.73. The molecule has 1 N–H and O–H groups in total. The number of aliphatic imine (C=N–C) groups is 1. The highest BCUT2D eigenvalue weighted by atomic mass is 127. The maximum Gasteiger partial charge on any atom is 0.422 e. The molecule has 0 bridgehead atoms. The average molecular weight is 550 g/mol. The zero-order valence-electron chi connectivity index (χ0n) is 16.5. The van der Waals surface area contributed by atoms with Gasteiger partial charge in [0.1, 0.15) is 0 Å². The molecule has 1 aliphatic rings. The fraction of sp³-hybridized carbons (Fsp3) is 0.647. The highest BCUT2D eigenvalue weighted by molar-refractivity contribution is 14.0. The first kappa shape index (κ1) is 25.7. The Bertz CT molecular complexity index is 816. The van der Waals surface area contributed by atoms with Gasteiger partial charge in [0.15, 0.2) is 22.4 Å². The van der Waals surface area contributed by atoms with Crippen LogP contribution >= 0.6 is 24.0 Å². The molecule has 166 valence electrons. The van der Waals surface area contributed by atoms with E-state index in [1.54, 1.807) is 26.0 Å². The second-order valence-electron chi connectivity index (χ2n) is 7.04. The molecule has 0 radical (unpaired) electrons. The second kappa shape index (κ2) is 10.1. The number of pyridine rings is 1. The van der Waals surface area contributed by atoms with Gasteiger partial charge in [0.05, 0.1) is 17.0 Å². The summed E-state index contributed by atoms with van der Waals surface area (Å²) in [5, 5.41) is 3.10. The van der Waals surface area contributed by atoms with Crippen molar-refractivity contribution in [2.75, 3.05) is 32.0 Å². The molecule has 1 aliphatic heterocycles. The molecule has 0 atom stereocenters. The normalized spacial score (nSPS) is 18.7. The summed E-state index contributed by atoms with van der Waals surface area (Å²) < 4.78 is 65.5. The van der Waals surface area contributed by atoms with Gasteiger partial charge in [-0.1, -0.05) is 6.07 Å². The van der Waals surface area contributed by atoms with E-state index in [4.69, 9.17) is 4.74 Å². The van der Waals surface area contributed by atoms with E-state index >= 15 is 0 Å². The molecule has 2 heterocycles. The molecule has 12 heteroatoms. The Morgan fingerprint density at radius 2 is 2.10 bits per heavy atom. The maximum absolute atomic E-state index is 12.4. The van der Waals surface area contributed by atoms with Crippen molar-refractivity contribution in [2.45, 2.75) is 38.2 Å². The summed E-state index contributed by atoms with van der Waals surface area (Å²) in [6.45, 7) is 4.96. The Kier molecular flexibility index (Phi) is 8.99. The molecule has 0 saturated carbocycles. The van der Waals surface area contributed by atoms with Crippen molar-refractivity contribution in [1.29, 1.82) is 0 Å². The average Bonchev–Trinajstić information content (AvgIpc) is 2.59. The number of rotatable bonds is 5. The van der Waals surface area contributed by atoms with Gasteiger partial charge in [-0.05, 0) is 26.8 Å². The van der Waals surface area contributed by atoms with Gasteiger partial charge in [-0.25, -0.2) is 18.4 Å². The number of hydrogen-bond donors (Lipinski definition) is 1. The van der Waals surface area contributed by atoms with E-state index < -0.39 is 27.4 Å². The minimum Gasteiger partial charge on any atom is -0.468 e. The Hall–Kier alpha value is -1.31. The van der Waals surface area contributed by atoms with Gasteiger partial charge in [0, 0.05) is 31.4 Å². The highest BCUT2D eigenvalue weighted by Crippen LogP contribution is 2.24. The summed E-state index contributed by atoms with van der Waals surface area (Å²) in [4.78, 5) is 10.2. The van der Waals surface area contributed by atoms with Crippen LogP contribution in [0.3, 0.4) is 0 Å². The standard InChI is InChI=1S/C17H25F3N4O3S.HI/c1-4-21-15(24-8-9-28(25,26)16(2,3)11-24)23-10-13-6-5-7-22-14(13)27-12-17(18,19)20;/h5-7H,4,8-12H2,1-3H3,(H,21,23);1H. The van der Waals surface area contributed by atoms with E-state index in [9.17, 15) is 21.6 Å². The zero-order valence-corrected chi connectivity index (χ0v) is 19.6. The highest BCUT2D eigenvalue weighted by Gasteiger charge is 2.41. The summed E-state index contributed by atoms with van der Waals surface area (Å²) in [7, 11) is -3.20. The summed E-state index contributed by atoms with van der Waals surface area (Å²) in [6.07, 6.45) is -3.11. The van der Waals surface area contributed by atoms with Crippen molar-refractivity contribution in [1.82, 2.24) is 15.2 Å². The number of guanidine groups is 1. The minimum atomic E-state index is -4.46. The lowest BCUT2D eigenvalue weighted by molar-refractivity contribution is -0.154. The van der Waals surface area contributed by atoms with Crippen LogP contribution in [0.1, 0.15) is 26.3 Å². The summed E-state index contributed by atoms with van der Waals surface area (Å²) in [6, 6.07) is 3.19. The van der Waals surface area contributed by atoms with Gasteiger partial charge in [0.2, 0.25) is 5.88 Å². The number of sulfone groups is 1. The van der Waals surface area contributed by atoms with Gasteiger partial charge < -0.3 is 15.0 Å². The number of ether oxygens (including phenoxy) is 1. The molecule has 0 aliphatic carbocycles. The van der Waals surface area contributed by atoms with Gasteiger partial charge in [-0.15, -0.1) is 24.0 Å². The van der Waals surface area contributed by atoms with Gasteiger partial charge in [-0.2, -0.15) is 13.2 Å². The van der Waals surface area contributed by atoms with Gasteiger partial charge in [0.25, 0.3) is 0 Å². The van der Waals surface area contributed by atoms with Crippen LogP contribution in [-0.2, 0) is 16.4 Å². The topological polar surface area (TPSA) is 83.9 Å². The van der Waals surface area contributed by atoms with E-state index in [2.05, 4.69) is 15.3 Å². The molecular formula is C17H26F3IN4O3S. The molecular weight excluding hydrogens is 524 g/mol. The van der Waals surface area contributed by atoms with Crippen LogP contribution in [0, 0.1) is 0 Å². The van der Waals surface area contributed by atoms with Crippen LogP contribution in [0.5, 0.6) is 5.88 Å². The lowest BCUT2D eigenvalue weighted by Crippen LogP contribution is -2.57. The Morgan fingerprint density at radius 3 is 2.69 bits per heavy atom. The second-order valence-corrected chi connectivity index (χ2v) is 9.78. The minimum absolute atomic E-state index is 0. The van der Waals surface area contributed by atoms with Crippen LogP contribution < -0.4 is 10.1 Å². The number of aromatic nitrogens is 1. The van der Waals surface area contributed by atoms with Crippen molar-refractivity contribution in [3.8, 4) is 5.88 Å². The van der Waals surface area contributed by atoms with Gasteiger partial charge in [-0.3, -0.25) is 0 Å². The van der Waals surface area contributed by atoms with Crippen LogP contribution in [0.15, 0.2) is 23.3 Å². The number of halogens is 4. The molecule has 7 nitrogen and oxygen atoms in total. The Labute approximate surface area is 186 Å². The molecule has 0 aromatic carbocycles. The van der Waals surface area contributed by atoms with Crippen LogP contribution in [0.4, 0.5) is 13.2 Å².